The molecule has 6 aromatic carbocycles. The first-order valence-corrected chi connectivity index (χ1v) is 50.4. The molecule has 739 valence electrons. The molecule has 22 heteroatoms. The number of carbonyl (C=O) groups is 5. The fourth-order valence-electron chi connectivity index (χ4n) is 15.0. The molecule has 21 nitrogen and oxygen atoms in total. The number of hydrogen-bond acceptors (Lipinski definition) is 21. The number of carbonyl (C=O) groups excluding carboxylic acids is 5. The van der Waals surface area contributed by atoms with Gasteiger partial charge in [0, 0.05) is 58.9 Å². The van der Waals surface area contributed by atoms with Crippen molar-refractivity contribution in [3.05, 3.63) is 157 Å². The SMILES string of the molecule is CCC(C)O.CCCCCCCC1OC(CC)CC(CC2CC(CC(C)O)OC(CCCCCCCCCCOc3ccc(-c4ccc(C(=O)Oc5ccc(OC(C)C(=O)OCCCC)cc5)cc4)cc3)O2)O1.CCCCCCCC=O.CCCCOC(=O)C(C)Oc1ccc(OC(=O)c2ccc(-c3ccc(OCCCCCCCCCCC(OCC)OCC)cc3)cc2)cc1.[2HH].[V]. The van der Waals surface area contributed by atoms with Crippen LogP contribution >= 0.6 is 0 Å². The van der Waals surface area contributed by atoms with Gasteiger partial charge in [-0.1, -0.05) is 231 Å². The number of unbranched alkanes of at least 4 members (excludes halogenated alkanes) is 25. The number of esters is 4. The molecule has 2 N–H and O–H groups in total. The van der Waals surface area contributed by atoms with Crippen molar-refractivity contribution in [2.24, 2.45) is 0 Å². The molecule has 8 rings (SSSR count). The maximum absolute atomic E-state index is 12.9. The standard InChI is InChI=1S/C57H84O11.C41H56O8.C8H16O.C4H10O.V.H2/c1-6-9-11-16-19-22-54-64-47(8-3)39-52(66-54)41-53-40-51(38-42(4)58)65-55(67-53)23-20-17-14-12-13-15-18-21-37-61-48-30-28-45(29-31-48)44-24-26-46(27-25-44)57(60)68-50-34-32-49(33-35-50)63-43(5)56(59)62-36-10-7-2;1-5-8-30-47-40(42)32(4)48-37-26-28-38(29-27-37)49-41(43)35-20-18-33(19-21-35)34-22-24-36(25-23-34)46-31-16-14-12-10-9-11-13-15-17-39(44-6-2)45-7-3;1-2-3-4-5-6-7-8-9;1-3-4(2)5;;/h24-35,42-43,47,51-55,58H,6-23,36-41H2,1-5H3;18-29,32,39H,5-17,30-31H2,1-4H3;8H,2-7H2,1H3;4-5H,3H2,1-2H3;;1H/i;;;;;1+1. The Morgan fingerprint density at radius 2 is 0.705 bits per heavy atom. The van der Waals surface area contributed by atoms with E-state index in [1.807, 2.05) is 114 Å². The van der Waals surface area contributed by atoms with Gasteiger partial charge in [-0.05, 0) is 251 Å². The molecule has 10 unspecified atom stereocenters. The first-order valence-electron chi connectivity index (χ1n) is 50.4. The minimum Gasteiger partial charge on any atom is -0.494 e. The summed E-state index contributed by atoms with van der Waals surface area (Å²) in [5.41, 5.74) is 4.93. The normalized spacial score (nSPS) is 16.6. The van der Waals surface area contributed by atoms with Crippen LogP contribution in [0.4, 0.5) is 0 Å². The smallest absolute Gasteiger partial charge is 0.347 e. The minimum absolute atomic E-state index is 0. The van der Waals surface area contributed by atoms with Gasteiger partial charge in [-0.25, -0.2) is 19.2 Å². The van der Waals surface area contributed by atoms with Gasteiger partial charge in [-0.15, -0.1) is 0 Å². The minimum atomic E-state index is -0.740. The van der Waals surface area contributed by atoms with Gasteiger partial charge in [-0.3, -0.25) is 0 Å². The molecular weight excluding hydrogens is 1710 g/mol. The zero-order valence-corrected chi connectivity index (χ0v) is 83.8. The quantitative estimate of drug-likeness (QED) is 0.0118. The molecule has 2 aliphatic heterocycles. The van der Waals surface area contributed by atoms with Crippen LogP contribution in [0.15, 0.2) is 146 Å². The van der Waals surface area contributed by atoms with E-state index in [2.05, 4.69) is 20.8 Å². The summed E-state index contributed by atoms with van der Waals surface area (Å²) in [6.45, 7) is 27.2. The van der Waals surface area contributed by atoms with Gasteiger partial charge in [0.2, 0.25) is 0 Å². The van der Waals surface area contributed by atoms with Crippen LogP contribution < -0.4 is 28.4 Å². The van der Waals surface area contributed by atoms with Gasteiger partial charge >= 0.3 is 23.9 Å². The summed E-state index contributed by atoms with van der Waals surface area (Å²) >= 11 is 0. The molecule has 10 atom stereocenters. The van der Waals surface area contributed by atoms with Crippen molar-refractivity contribution in [3.8, 4) is 56.8 Å². The third kappa shape index (κ3) is 52.4. The number of aliphatic hydroxyl groups is 2. The average molecular weight is 1880 g/mol. The molecule has 132 heavy (non-hydrogen) atoms. The van der Waals surface area contributed by atoms with Crippen LogP contribution in [0.25, 0.3) is 22.3 Å². The summed E-state index contributed by atoms with van der Waals surface area (Å²) in [5.74, 6) is 1.70. The number of aldehydes is 1. The monoisotopic (exact) mass is 1880 g/mol. The van der Waals surface area contributed by atoms with Gasteiger partial charge in [0.15, 0.2) is 31.1 Å². The number of ether oxygens (including phenoxy) is 14. The second-order valence-electron chi connectivity index (χ2n) is 34.7. The van der Waals surface area contributed by atoms with E-state index in [9.17, 15) is 29.1 Å². The summed E-state index contributed by atoms with van der Waals surface area (Å²) in [4.78, 5) is 59.6. The third-order valence-corrected chi connectivity index (χ3v) is 22.9. The van der Waals surface area contributed by atoms with Crippen molar-refractivity contribution in [1.82, 2.24) is 0 Å². The predicted molar refractivity (Wildman–Crippen MR) is 524 cm³/mol. The summed E-state index contributed by atoms with van der Waals surface area (Å²) in [6, 6.07) is 43.9. The molecule has 0 aromatic heterocycles. The van der Waals surface area contributed by atoms with Crippen LogP contribution in [0.5, 0.6) is 34.5 Å². The van der Waals surface area contributed by atoms with Gasteiger partial charge in [0.25, 0.3) is 0 Å². The Hall–Kier alpha value is -7.67. The molecular formula is C110H168O21V. The summed E-state index contributed by atoms with van der Waals surface area (Å²) in [5, 5.41) is 18.6. The molecule has 2 fully saturated rings. The molecule has 2 saturated heterocycles. The van der Waals surface area contributed by atoms with E-state index in [4.69, 9.17) is 71.4 Å². The molecule has 0 spiro atoms. The molecule has 1 radical (unpaired) electrons. The molecule has 0 aliphatic carbocycles. The Morgan fingerprint density at radius 1 is 0.379 bits per heavy atom. The van der Waals surface area contributed by atoms with E-state index >= 15 is 0 Å². The maximum atomic E-state index is 12.9. The zero-order chi connectivity index (χ0) is 94.7. The van der Waals surface area contributed by atoms with E-state index in [-0.39, 0.29) is 69.4 Å². The topological polar surface area (TPSA) is 255 Å². The Balaban J connectivity index is 0.000000611. The summed E-state index contributed by atoms with van der Waals surface area (Å²) in [6.07, 6.45) is 42.7. The maximum Gasteiger partial charge on any atom is 0.347 e. The Kier molecular flexibility index (Phi) is 65.1. The number of rotatable bonds is 64. The largest absolute Gasteiger partial charge is 0.494 e. The number of aliphatic hydroxyl groups excluding tert-OH is 2. The van der Waals surface area contributed by atoms with Crippen LogP contribution in [0.1, 0.15) is 362 Å². The fourth-order valence-corrected chi connectivity index (χ4v) is 15.0. The molecule has 0 bridgehead atoms. The van der Waals surface area contributed by atoms with Crippen LogP contribution in [-0.2, 0) is 70.8 Å². The van der Waals surface area contributed by atoms with Gasteiger partial charge in [0.05, 0.1) is 74.2 Å². The van der Waals surface area contributed by atoms with Crippen molar-refractivity contribution < 1.29 is 120 Å². The fraction of sp³-hybridized carbons (Fsp3) is 0.627. The Morgan fingerprint density at radius 3 is 1.07 bits per heavy atom. The molecule has 0 amide bonds. The summed E-state index contributed by atoms with van der Waals surface area (Å²) in [7, 11) is 0. The summed E-state index contributed by atoms with van der Waals surface area (Å²) < 4.78 is 81.8. The third-order valence-electron chi connectivity index (χ3n) is 22.9. The molecule has 6 aromatic rings. The second-order valence-corrected chi connectivity index (χ2v) is 34.7. The van der Waals surface area contributed by atoms with E-state index in [1.54, 1.807) is 93.6 Å². The second kappa shape index (κ2) is 73.6. The number of hydrogen-bond donors (Lipinski definition) is 2. The van der Waals surface area contributed by atoms with Gasteiger partial charge in [-0.2, -0.15) is 0 Å². The number of benzene rings is 6. The van der Waals surface area contributed by atoms with Crippen molar-refractivity contribution >= 4 is 30.2 Å². The van der Waals surface area contributed by atoms with Crippen LogP contribution in [0, 0.1) is 0 Å². The first-order chi connectivity index (χ1) is 63.7. The van der Waals surface area contributed by atoms with E-state index in [0.29, 0.717) is 73.6 Å². The zero-order valence-electron chi connectivity index (χ0n) is 82.4. The van der Waals surface area contributed by atoms with Gasteiger partial charge in [0.1, 0.15) is 40.8 Å². The first kappa shape index (κ1) is 117. The predicted octanol–water partition coefficient (Wildman–Crippen LogP) is 27.0. The van der Waals surface area contributed by atoms with Crippen molar-refractivity contribution in [2.75, 3.05) is 39.6 Å². The molecule has 2 aliphatic rings. The Bertz CT molecular complexity index is 3860. The average Bonchev–Trinajstić information content (AvgIpc) is 0.846. The van der Waals surface area contributed by atoms with Gasteiger partial charge < -0.3 is 81.3 Å². The molecule has 2 heterocycles. The van der Waals surface area contributed by atoms with E-state index < -0.39 is 42.2 Å². The van der Waals surface area contributed by atoms with Crippen LogP contribution in [0.2, 0.25) is 0 Å². The van der Waals surface area contributed by atoms with E-state index in [0.717, 1.165) is 175 Å². The van der Waals surface area contributed by atoms with Crippen molar-refractivity contribution in [3.63, 3.8) is 0 Å². The van der Waals surface area contributed by atoms with Crippen molar-refractivity contribution in [2.45, 2.75) is 408 Å². The molecule has 0 saturated carbocycles. The van der Waals surface area contributed by atoms with Crippen molar-refractivity contribution in [1.29, 1.82) is 0 Å². The van der Waals surface area contributed by atoms with Crippen LogP contribution in [-0.4, -0.2) is 148 Å². The Labute approximate surface area is 806 Å². The van der Waals surface area contributed by atoms with Crippen LogP contribution in [0.3, 0.4) is 0 Å². The van der Waals surface area contributed by atoms with E-state index in [1.165, 1.54) is 122 Å².